The molecule has 1 amide bonds. The third-order valence-electron chi connectivity index (χ3n) is 4.76. The van der Waals surface area contributed by atoms with Crippen molar-refractivity contribution >= 4 is 16.7 Å². The van der Waals surface area contributed by atoms with Crippen LogP contribution in [-0.2, 0) is 17.9 Å². The average molecular weight is 380 g/mol. The molecule has 28 heavy (non-hydrogen) atoms. The molecule has 0 spiro atoms. The Hall–Kier alpha value is -2.92. The lowest BCUT2D eigenvalue weighted by molar-refractivity contribution is -0.131. The highest BCUT2D eigenvalue weighted by atomic mass is 19.1. The molecule has 0 unspecified atom stereocenters. The van der Waals surface area contributed by atoms with Gasteiger partial charge in [-0.15, -0.1) is 0 Å². The molecule has 0 N–H and O–H groups in total. The lowest BCUT2D eigenvalue weighted by atomic mass is 10.1. The summed E-state index contributed by atoms with van der Waals surface area (Å²) in [7, 11) is 5.26. The summed E-state index contributed by atoms with van der Waals surface area (Å²) in [6, 6.07) is 18.7. The first-order valence-corrected chi connectivity index (χ1v) is 9.19. The summed E-state index contributed by atoms with van der Waals surface area (Å²) in [5, 5.41) is 2.21. The van der Waals surface area contributed by atoms with Gasteiger partial charge in [-0.1, -0.05) is 36.4 Å². The van der Waals surface area contributed by atoms with Crippen molar-refractivity contribution in [1.82, 2.24) is 9.80 Å². The van der Waals surface area contributed by atoms with Gasteiger partial charge in [0.1, 0.15) is 11.6 Å². The van der Waals surface area contributed by atoms with E-state index < -0.39 is 0 Å². The summed E-state index contributed by atoms with van der Waals surface area (Å²) in [5.74, 6) is 0.571. The predicted molar refractivity (Wildman–Crippen MR) is 110 cm³/mol. The van der Waals surface area contributed by atoms with Crippen LogP contribution < -0.4 is 4.74 Å². The number of hydrogen-bond donors (Lipinski definition) is 0. The Kier molecular flexibility index (Phi) is 6.26. The number of rotatable bonds is 7. The molecular formula is C23H25FN2O2. The normalized spacial score (nSPS) is 11.0. The SMILES string of the molecule is COc1ccc2cc(CN(C)C(=O)CN(C)Cc3ccccc3F)ccc2c1. The molecule has 0 saturated heterocycles. The van der Waals surface area contributed by atoms with Crippen LogP contribution in [-0.4, -0.2) is 43.5 Å². The highest BCUT2D eigenvalue weighted by molar-refractivity contribution is 5.84. The number of ether oxygens (including phenoxy) is 1. The predicted octanol–water partition coefficient (Wildman–Crippen LogP) is 4.08. The molecule has 0 heterocycles. The minimum absolute atomic E-state index is 0.00586. The quantitative estimate of drug-likeness (QED) is 0.619. The third kappa shape index (κ3) is 4.87. The van der Waals surface area contributed by atoms with Crippen LogP contribution in [0.2, 0.25) is 0 Å². The molecule has 0 bridgehead atoms. The van der Waals surface area contributed by atoms with Crippen LogP contribution in [0.5, 0.6) is 5.75 Å². The van der Waals surface area contributed by atoms with Crippen molar-refractivity contribution in [2.75, 3.05) is 27.7 Å². The molecule has 3 aromatic carbocycles. The summed E-state index contributed by atoms with van der Waals surface area (Å²) in [5.41, 5.74) is 1.65. The van der Waals surface area contributed by atoms with E-state index >= 15 is 0 Å². The van der Waals surface area contributed by atoms with E-state index in [0.717, 1.165) is 22.1 Å². The van der Waals surface area contributed by atoms with E-state index in [2.05, 4.69) is 6.07 Å². The molecule has 0 aliphatic heterocycles. The fourth-order valence-corrected chi connectivity index (χ4v) is 3.19. The average Bonchev–Trinajstić information content (AvgIpc) is 2.69. The van der Waals surface area contributed by atoms with Crippen molar-refractivity contribution in [3.8, 4) is 5.75 Å². The van der Waals surface area contributed by atoms with Crippen LogP contribution in [0.25, 0.3) is 10.8 Å². The Labute approximate surface area is 165 Å². The third-order valence-corrected chi connectivity index (χ3v) is 4.76. The van der Waals surface area contributed by atoms with Crippen molar-refractivity contribution < 1.29 is 13.9 Å². The highest BCUT2D eigenvalue weighted by Crippen LogP contribution is 2.22. The van der Waals surface area contributed by atoms with E-state index in [1.165, 1.54) is 6.07 Å². The maximum Gasteiger partial charge on any atom is 0.236 e. The molecule has 3 rings (SSSR count). The van der Waals surface area contributed by atoms with Crippen LogP contribution >= 0.6 is 0 Å². The number of methoxy groups -OCH3 is 1. The summed E-state index contributed by atoms with van der Waals surface area (Å²) >= 11 is 0. The zero-order valence-electron chi connectivity index (χ0n) is 16.5. The number of hydrogen-bond acceptors (Lipinski definition) is 3. The first kappa shape index (κ1) is 19.8. The van der Waals surface area contributed by atoms with Gasteiger partial charge in [0.15, 0.2) is 0 Å². The number of likely N-dealkylation sites (N-methyl/N-ethyl adjacent to an activating group) is 2. The second kappa shape index (κ2) is 8.85. The van der Waals surface area contributed by atoms with Gasteiger partial charge in [-0.2, -0.15) is 0 Å². The first-order valence-electron chi connectivity index (χ1n) is 9.19. The number of fused-ring (bicyclic) bond motifs is 1. The molecular weight excluding hydrogens is 355 g/mol. The molecule has 0 aromatic heterocycles. The van der Waals surface area contributed by atoms with Gasteiger partial charge in [0.25, 0.3) is 0 Å². The number of halogens is 1. The summed E-state index contributed by atoms with van der Waals surface area (Å²) in [6.45, 7) is 1.15. The number of amides is 1. The van der Waals surface area contributed by atoms with Crippen molar-refractivity contribution in [2.45, 2.75) is 13.1 Å². The molecule has 0 aliphatic carbocycles. The summed E-state index contributed by atoms with van der Waals surface area (Å²) in [6.07, 6.45) is 0. The Balaban J connectivity index is 1.60. The van der Waals surface area contributed by atoms with Crippen LogP contribution in [0, 0.1) is 5.82 Å². The number of carbonyl (C=O) groups excluding carboxylic acids is 1. The van der Waals surface area contributed by atoms with Crippen LogP contribution in [0.4, 0.5) is 4.39 Å². The molecule has 0 fully saturated rings. The monoisotopic (exact) mass is 380 g/mol. The first-order chi connectivity index (χ1) is 13.5. The van der Waals surface area contributed by atoms with Gasteiger partial charge in [-0.05, 0) is 47.6 Å². The van der Waals surface area contributed by atoms with Crippen LogP contribution in [0.1, 0.15) is 11.1 Å². The van der Waals surface area contributed by atoms with Gasteiger partial charge in [0.05, 0.1) is 13.7 Å². The molecule has 5 heteroatoms. The zero-order valence-corrected chi connectivity index (χ0v) is 16.5. The maximum absolute atomic E-state index is 13.8. The topological polar surface area (TPSA) is 32.8 Å². The van der Waals surface area contributed by atoms with Crippen molar-refractivity contribution in [2.24, 2.45) is 0 Å². The minimum Gasteiger partial charge on any atom is -0.497 e. The van der Waals surface area contributed by atoms with Crippen LogP contribution in [0.3, 0.4) is 0 Å². The van der Waals surface area contributed by atoms with Gasteiger partial charge in [0.2, 0.25) is 5.91 Å². The molecule has 0 atom stereocenters. The Morgan fingerprint density at radius 2 is 1.68 bits per heavy atom. The standard InChI is InChI=1S/C23H25FN2O2/c1-25(15-20-6-4-5-7-22(20)24)16-23(27)26(2)14-17-8-9-19-13-21(28-3)11-10-18(19)12-17/h4-13H,14-16H2,1-3H3. The van der Waals surface area contributed by atoms with Gasteiger partial charge >= 0.3 is 0 Å². The number of nitrogens with zero attached hydrogens (tertiary/aromatic N) is 2. The summed E-state index contributed by atoms with van der Waals surface area (Å²) in [4.78, 5) is 16.1. The minimum atomic E-state index is -0.247. The van der Waals surface area contributed by atoms with Gasteiger partial charge in [-0.25, -0.2) is 4.39 Å². The lowest BCUT2D eigenvalue weighted by Crippen LogP contribution is -2.36. The summed E-state index contributed by atoms with van der Waals surface area (Å²) < 4.78 is 19.0. The van der Waals surface area contributed by atoms with Gasteiger partial charge < -0.3 is 9.64 Å². The molecule has 146 valence electrons. The zero-order chi connectivity index (χ0) is 20.1. The van der Waals surface area contributed by atoms with E-state index in [4.69, 9.17) is 4.74 Å². The Morgan fingerprint density at radius 3 is 2.43 bits per heavy atom. The van der Waals surface area contributed by atoms with Crippen molar-refractivity contribution in [3.63, 3.8) is 0 Å². The molecule has 0 aliphatic rings. The smallest absolute Gasteiger partial charge is 0.236 e. The number of benzene rings is 3. The van der Waals surface area contributed by atoms with E-state index in [1.807, 2.05) is 42.3 Å². The molecule has 3 aromatic rings. The fraction of sp³-hybridized carbons (Fsp3) is 0.261. The largest absolute Gasteiger partial charge is 0.497 e. The number of carbonyl (C=O) groups is 1. The van der Waals surface area contributed by atoms with Gasteiger partial charge in [0, 0.05) is 25.7 Å². The second-order valence-corrected chi connectivity index (χ2v) is 7.06. The maximum atomic E-state index is 13.8. The van der Waals surface area contributed by atoms with Crippen molar-refractivity contribution in [1.29, 1.82) is 0 Å². The fourth-order valence-electron chi connectivity index (χ4n) is 3.19. The molecule has 4 nitrogen and oxygen atoms in total. The molecule has 0 saturated carbocycles. The molecule has 0 radical (unpaired) electrons. The highest BCUT2D eigenvalue weighted by Gasteiger charge is 2.14. The van der Waals surface area contributed by atoms with Crippen molar-refractivity contribution in [3.05, 3.63) is 77.6 Å². The lowest BCUT2D eigenvalue weighted by Gasteiger charge is -2.22. The Morgan fingerprint density at radius 1 is 0.964 bits per heavy atom. The van der Waals surface area contributed by atoms with Crippen LogP contribution in [0.15, 0.2) is 60.7 Å². The van der Waals surface area contributed by atoms with Gasteiger partial charge in [-0.3, -0.25) is 9.69 Å². The van der Waals surface area contributed by atoms with E-state index in [0.29, 0.717) is 18.7 Å². The van der Waals surface area contributed by atoms with E-state index in [-0.39, 0.29) is 18.3 Å². The second-order valence-electron chi connectivity index (χ2n) is 7.06. The Bertz CT molecular complexity index is 974. The van der Waals surface area contributed by atoms with E-state index in [9.17, 15) is 9.18 Å². The van der Waals surface area contributed by atoms with E-state index in [1.54, 1.807) is 37.3 Å².